The highest BCUT2D eigenvalue weighted by molar-refractivity contribution is 5.78. The first-order chi connectivity index (χ1) is 17.6. The summed E-state index contributed by atoms with van der Waals surface area (Å²) < 4.78 is 22.2. The molecule has 2 aliphatic heterocycles. The van der Waals surface area contributed by atoms with Gasteiger partial charge in [-0.3, -0.25) is 4.98 Å². The van der Waals surface area contributed by atoms with Gasteiger partial charge in [0.2, 0.25) is 11.8 Å². The van der Waals surface area contributed by atoms with Crippen molar-refractivity contribution < 1.29 is 28.8 Å². The van der Waals surface area contributed by atoms with Crippen molar-refractivity contribution in [3.8, 4) is 5.88 Å². The molecule has 1 fully saturated rings. The number of methoxy groups -OCH3 is 1. The maximum atomic E-state index is 12.5. The molecule has 0 radical (unpaired) electrons. The van der Waals surface area contributed by atoms with Gasteiger partial charge in [0.25, 0.3) is 0 Å². The van der Waals surface area contributed by atoms with Crippen LogP contribution in [0.1, 0.15) is 50.2 Å². The van der Waals surface area contributed by atoms with E-state index in [-0.39, 0.29) is 6.10 Å². The quantitative estimate of drug-likeness (QED) is 0.488. The number of cyclic esters (lactones) is 1. The number of hydrogen-bond acceptors (Lipinski definition) is 8. The normalized spacial score (nSPS) is 20.2. The summed E-state index contributed by atoms with van der Waals surface area (Å²) in [7, 11) is 1.56. The Morgan fingerprint density at radius 3 is 3.00 bits per heavy atom. The number of amides is 1. The maximum Gasteiger partial charge on any atom is 0.417 e. The predicted octanol–water partition coefficient (Wildman–Crippen LogP) is 5.02. The molecule has 1 aliphatic carbocycles. The number of unbranched alkanes of at least 4 members (excludes halogenated alkanes) is 1. The molecule has 0 bridgehead atoms. The number of carbonyl (C=O) groups is 1. The van der Waals surface area contributed by atoms with Crippen LogP contribution in [0.15, 0.2) is 72.4 Å². The zero-order valence-electron chi connectivity index (χ0n) is 20.1. The maximum absolute atomic E-state index is 12.5. The van der Waals surface area contributed by atoms with Gasteiger partial charge in [0, 0.05) is 17.8 Å². The Morgan fingerprint density at radius 1 is 1.25 bits per heavy atom. The van der Waals surface area contributed by atoms with E-state index >= 15 is 0 Å². The minimum atomic E-state index is -0.676. The van der Waals surface area contributed by atoms with E-state index in [4.69, 9.17) is 18.9 Å². The van der Waals surface area contributed by atoms with Crippen molar-refractivity contribution >= 4 is 17.1 Å². The monoisotopic (exact) mass is 491 g/mol. The Labute approximate surface area is 209 Å². The third-order valence-corrected chi connectivity index (χ3v) is 6.44. The van der Waals surface area contributed by atoms with Crippen molar-refractivity contribution in [3.05, 3.63) is 77.9 Å². The topological polar surface area (TPSA) is 103 Å². The van der Waals surface area contributed by atoms with Crippen molar-refractivity contribution in [3.63, 3.8) is 0 Å². The lowest BCUT2D eigenvalue weighted by Gasteiger charge is -2.23. The fraction of sp³-hybridized carbons (Fsp3) is 0.370. The second-order valence-electron chi connectivity index (χ2n) is 8.87. The van der Waals surface area contributed by atoms with Crippen molar-refractivity contribution in [2.75, 3.05) is 13.7 Å². The fourth-order valence-electron chi connectivity index (χ4n) is 4.51. The smallest absolute Gasteiger partial charge is 0.417 e. The average Bonchev–Trinajstić information content (AvgIpc) is 3.31. The molecule has 4 heterocycles. The molecule has 2 aromatic rings. The highest BCUT2D eigenvalue weighted by atomic mass is 16.6. The summed E-state index contributed by atoms with van der Waals surface area (Å²) in [5.41, 5.74) is 3.11. The predicted molar refractivity (Wildman–Crippen MR) is 131 cm³/mol. The number of aromatic nitrogens is 2. The summed E-state index contributed by atoms with van der Waals surface area (Å²) in [5.74, 6) is 1.42. The van der Waals surface area contributed by atoms with E-state index in [2.05, 4.69) is 16.0 Å². The van der Waals surface area contributed by atoms with Gasteiger partial charge < -0.3 is 24.1 Å². The van der Waals surface area contributed by atoms with Crippen LogP contribution in [0.4, 0.5) is 4.79 Å². The molecule has 36 heavy (non-hydrogen) atoms. The molecule has 1 N–H and O–H groups in total. The summed E-state index contributed by atoms with van der Waals surface area (Å²) in [5, 5.41) is 10.8. The first-order valence-electron chi connectivity index (χ1n) is 12.2. The zero-order chi connectivity index (χ0) is 24.9. The lowest BCUT2D eigenvalue weighted by molar-refractivity contribution is 0.115. The number of fused-ring (bicyclic) bond motifs is 1. The van der Waals surface area contributed by atoms with Crippen molar-refractivity contribution in [2.45, 2.75) is 50.7 Å². The molecule has 2 aromatic heterocycles. The second-order valence-corrected chi connectivity index (χ2v) is 8.87. The molecule has 188 valence electrons. The molecule has 2 atom stereocenters. The molecule has 0 saturated carbocycles. The van der Waals surface area contributed by atoms with Gasteiger partial charge in [0.1, 0.15) is 12.4 Å². The average molecular weight is 492 g/mol. The molecule has 0 aromatic carbocycles. The number of ether oxygens (including phenoxy) is 4. The SMILES string of the molecule is COc1ccc2nccc(C(O)CCCC[C@H]3CN(C4=COC=C(C5=CC=CCC5)O4)C(=O)O3)c2n1. The van der Waals surface area contributed by atoms with E-state index in [1.165, 1.54) is 11.2 Å². The molecule has 9 nitrogen and oxygen atoms in total. The van der Waals surface area contributed by atoms with Crippen molar-refractivity contribution in [1.82, 2.24) is 14.9 Å². The van der Waals surface area contributed by atoms with Gasteiger partial charge in [0.05, 0.1) is 30.8 Å². The molecule has 1 unspecified atom stereocenters. The van der Waals surface area contributed by atoms with Gasteiger partial charge >= 0.3 is 6.09 Å². The minimum absolute atomic E-state index is 0.252. The van der Waals surface area contributed by atoms with E-state index < -0.39 is 12.2 Å². The van der Waals surface area contributed by atoms with Gasteiger partial charge in [-0.1, -0.05) is 24.6 Å². The van der Waals surface area contributed by atoms with E-state index in [1.54, 1.807) is 31.7 Å². The van der Waals surface area contributed by atoms with Crippen LogP contribution in [-0.4, -0.2) is 45.8 Å². The summed E-state index contributed by atoms with van der Waals surface area (Å²) in [6.07, 6.45) is 13.9. The largest absolute Gasteiger partial charge is 0.481 e. The van der Waals surface area contributed by atoms with Crippen LogP contribution in [0.2, 0.25) is 0 Å². The molecular formula is C27H29N3O6. The van der Waals surface area contributed by atoms with Crippen LogP contribution in [-0.2, 0) is 14.2 Å². The Bertz CT molecular complexity index is 1250. The first kappa shape index (κ1) is 23.9. The Morgan fingerprint density at radius 2 is 2.17 bits per heavy atom. The molecule has 1 saturated heterocycles. The molecule has 1 amide bonds. The summed E-state index contributed by atoms with van der Waals surface area (Å²) in [6.45, 7) is 0.390. The number of carbonyl (C=O) groups excluding carboxylic acids is 1. The van der Waals surface area contributed by atoms with Gasteiger partial charge in [0.15, 0.2) is 12.0 Å². The molecule has 9 heteroatoms. The van der Waals surface area contributed by atoms with E-state index in [9.17, 15) is 9.90 Å². The van der Waals surface area contributed by atoms with Gasteiger partial charge in [-0.05, 0) is 49.8 Å². The minimum Gasteiger partial charge on any atom is -0.481 e. The number of pyridine rings is 2. The summed E-state index contributed by atoms with van der Waals surface area (Å²) >= 11 is 0. The van der Waals surface area contributed by atoms with Gasteiger partial charge in [-0.2, -0.15) is 0 Å². The first-order valence-corrected chi connectivity index (χ1v) is 12.2. The van der Waals surface area contributed by atoms with E-state index in [1.807, 2.05) is 18.2 Å². The lowest BCUT2D eigenvalue weighted by atomic mass is 10.0. The Hall–Kier alpha value is -3.85. The fourth-order valence-corrected chi connectivity index (χ4v) is 4.51. The van der Waals surface area contributed by atoms with Crippen LogP contribution in [0.3, 0.4) is 0 Å². The van der Waals surface area contributed by atoms with Gasteiger partial charge in [-0.15, -0.1) is 0 Å². The third-order valence-electron chi connectivity index (χ3n) is 6.44. The number of nitrogens with zero attached hydrogens (tertiary/aromatic N) is 3. The van der Waals surface area contributed by atoms with E-state index in [0.29, 0.717) is 47.9 Å². The van der Waals surface area contributed by atoms with Crippen molar-refractivity contribution in [2.24, 2.45) is 0 Å². The highest BCUT2D eigenvalue weighted by Gasteiger charge is 2.36. The van der Waals surface area contributed by atoms with E-state index in [0.717, 1.165) is 36.8 Å². The second kappa shape index (κ2) is 10.8. The molecular weight excluding hydrogens is 462 g/mol. The van der Waals surface area contributed by atoms with Crippen LogP contribution in [0, 0.1) is 0 Å². The molecule has 3 aliphatic rings. The van der Waals surface area contributed by atoms with Crippen LogP contribution >= 0.6 is 0 Å². The van der Waals surface area contributed by atoms with Crippen LogP contribution < -0.4 is 4.74 Å². The number of aliphatic hydroxyl groups excluding tert-OH is 1. The number of allylic oxidation sites excluding steroid dienone is 4. The Kier molecular flexibility index (Phi) is 7.18. The van der Waals surface area contributed by atoms with Gasteiger partial charge in [-0.25, -0.2) is 14.7 Å². The zero-order valence-corrected chi connectivity index (χ0v) is 20.1. The number of hydrogen-bond donors (Lipinski definition) is 1. The van der Waals surface area contributed by atoms with Crippen LogP contribution in [0.5, 0.6) is 5.88 Å². The number of rotatable bonds is 9. The number of aliphatic hydroxyl groups is 1. The highest BCUT2D eigenvalue weighted by Crippen LogP contribution is 2.31. The van der Waals surface area contributed by atoms with Crippen LogP contribution in [0.25, 0.3) is 11.0 Å². The summed E-state index contributed by atoms with van der Waals surface area (Å²) in [4.78, 5) is 22.7. The third kappa shape index (κ3) is 5.21. The standard InChI is InChI=1S/C27H29N3O6/c1-33-24-12-11-21-26(29-24)20(13-14-28-21)22(31)10-6-5-9-19-15-30(27(32)35-19)25-17-34-16-23(36-25)18-7-3-2-4-8-18/h2-3,7,11-14,16-17,19,22,31H,4-6,8-10,15H2,1H3/t19-,22?/m0/s1. The summed E-state index contributed by atoms with van der Waals surface area (Å²) in [6, 6.07) is 5.37. The molecule has 5 rings (SSSR count). The lowest BCUT2D eigenvalue weighted by Crippen LogP contribution is -2.27. The molecule has 0 spiro atoms. The Balaban J connectivity index is 1.11. The van der Waals surface area contributed by atoms with Crippen molar-refractivity contribution in [1.29, 1.82) is 0 Å².